The number of hydrogen-bond acceptors (Lipinski definition) is 5. The van der Waals surface area contributed by atoms with Gasteiger partial charge in [-0.05, 0) is 49.7 Å². The Bertz CT molecular complexity index is 1210. The second-order valence-corrected chi connectivity index (χ2v) is 9.36. The molecule has 0 saturated carbocycles. The number of rotatable bonds is 5. The molecule has 0 aliphatic rings. The van der Waals surface area contributed by atoms with Crippen molar-refractivity contribution in [3.63, 3.8) is 0 Å². The van der Waals surface area contributed by atoms with Crippen molar-refractivity contribution in [2.45, 2.75) is 13.8 Å². The molecule has 3 rings (SSSR count). The number of carbonyl (C=O) groups excluding carboxylic acids is 1. The molecule has 0 unspecified atom stereocenters. The number of nitrogens with zero attached hydrogens (tertiary/aromatic N) is 1. The fourth-order valence-corrected chi connectivity index (χ4v) is 4.05. The van der Waals surface area contributed by atoms with Crippen molar-refractivity contribution >= 4 is 38.1 Å². The average molecular weight is 437 g/mol. The van der Waals surface area contributed by atoms with Crippen LogP contribution in [0, 0.1) is 25.5 Å². The Labute approximate surface area is 170 Å². The number of carbonyl (C=O) groups is 1. The summed E-state index contributed by atoms with van der Waals surface area (Å²) in [6, 6.07) is 8.10. The molecule has 0 bridgehead atoms. The number of aryl methyl sites for hydroxylation is 2. The summed E-state index contributed by atoms with van der Waals surface area (Å²) in [5.74, 6) is -2.41. The van der Waals surface area contributed by atoms with E-state index in [1.165, 1.54) is 23.5 Å². The lowest BCUT2D eigenvalue weighted by atomic mass is 10.1. The predicted octanol–water partition coefficient (Wildman–Crippen LogP) is 4.33. The molecule has 29 heavy (non-hydrogen) atoms. The molecule has 0 aliphatic heterocycles. The summed E-state index contributed by atoms with van der Waals surface area (Å²) in [6.45, 7) is 3.47. The molecular formula is C19H17F2N3O3S2. The Kier molecular flexibility index (Phi) is 5.67. The molecule has 0 fully saturated rings. The highest BCUT2D eigenvalue weighted by molar-refractivity contribution is 7.92. The van der Waals surface area contributed by atoms with E-state index in [2.05, 4.69) is 15.0 Å². The second-order valence-electron chi connectivity index (χ2n) is 6.41. The van der Waals surface area contributed by atoms with Gasteiger partial charge in [-0.15, -0.1) is 11.3 Å². The molecule has 1 heterocycles. The van der Waals surface area contributed by atoms with Crippen LogP contribution in [0.1, 0.15) is 20.8 Å². The third kappa shape index (κ3) is 4.96. The number of halogens is 2. The molecule has 1 aromatic heterocycles. The number of benzene rings is 2. The van der Waals surface area contributed by atoms with E-state index in [0.717, 1.165) is 23.3 Å². The van der Waals surface area contributed by atoms with Crippen LogP contribution < -0.4 is 10.0 Å². The molecular weight excluding hydrogens is 420 g/mol. The summed E-state index contributed by atoms with van der Waals surface area (Å²) in [5.41, 5.74) is 2.04. The van der Waals surface area contributed by atoms with Crippen molar-refractivity contribution in [2.24, 2.45) is 0 Å². The first kappa shape index (κ1) is 20.9. The lowest BCUT2D eigenvalue weighted by Crippen LogP contribution is -2.14. The zero-order chi connectivity index (χ0) is 21.3. The molecule has 0 saturated heterocycles. The van der Waals surface area contributed by atoms with E-state index in [-0.39, 0.29) is 10.7 Å². The van der Waals surface area contributed by atoms with Crippen LogP contribution in [0.2, 0.25) is 0 Å². The normalized spacial score (nSPS) is 11.3. The summed E-state index contributed by atoms with van der Waals surface area (Å²) >= 11 is 1.19. The van der Waals surface area contributed by atoms with Gasteiger partial charge in [-0.25, -0.2) is 22.2 Å². The molecule has 2 N–H and O–H groups in total. The van der Waals surface area contributed by atoms with Crippen molar-refractivity contribution < 1.29 is 22.0 Å². The number of sulfonamides is 1. The van der Waals surface area contributed by atoms with Crippen LogP contribution in [0.3, 0.4) is 0 Å². The van der Waals surface area contributed by atoms with Gasteiger partial charge in [0.1, 0.15) is 0 Å². The maximum atomic E-state index is 13.5. The third-order valence-corrected chi connectivity index (χ3v) is 5.48. The monoisotopic (exact) mass is 437 g/mol. The highest BCUT2D eigenvalue weighted by Crippen LogP contribution is 2.31. The number of amides is 1. The standard InChI is InChI=1S/C19H17F2N3O3S2/c1-10-4-5-13(9-16(10)24-29(3,26)27)18(25)23-19-22-17(11(2)28-19)12-6-7-14(20)15(21)8-12/h4-9,24H,1-3H3,(H,22,23,25). The van der Waals surface area contributed by atoms with Crippen LogP contribution in [-0.2, 0) is 10.0 Å². The number of aromatic nitrogens is 1. The zero-order valence-electron chi connectivity index (χ0n) is 15.7. The summed E-state index contributed by atoms with van der Waals surface area (Å²) in [4.78, 5) is 17.6. The SMILES string of the molecule is Cc1ccc(C(=O)Nc2nc(-c3ccc(F)c(F)c3)c(C)s2)cc1NS(C)(=O)=O. The molecule has 6 nitrogen and oxygen atoms in total. The molecule has 2 aromatic carbocycles. The molecule has 0 spiro atoms. The van der Waals surface area contributed by atoms with Crippen LogP contribution in [0.4, 0.5) is 19.6 Å². The van der Waals surface area contributed by atoms with E-state index in [4.69, 9.17) is 0 Å². The average Bonchev–Trinajstić information content (AvgIpc) is 2.98. The van der Waals surface area contributed by atoms with Crippen molar-refractivity contribution in [2.75, 3.05) is 16.3 Å². The Morgan fingerprint density at radius 2 is 1.79 bits per heavy atom. The topological polar surface area (TPSA) is 88.2 Å². The second kappa shape index (κ2) is 7.88. The minimum Gasteiger partial charge on any atom is -0.298 e. The number of thiazole rings is 1. The maximum Gasteiger partial charge on any atom is 0.257 e. The van der Waals surface area contributed by atoms with Crippen molar-refractivity contribution in [1.82, 2.24) is 4.98 Å². The van der Waals surface area contributed by atoms with E-state index in [9.17, 15) is 22.0 Å². The van der Waals surface area contributed by atoms with E-state index in [0.29, 0.717) is 22.5 Å². The molecule has 152 valence electrons. The molecule has 3 aromatic rings. The van der Waals surface area contributed by atoms with Crippen LogP contribution in [0.25, 0.3) is 11.3 Å². The quantitative estimate of drug-likeness (QED) is 0.622. The Balaban J connectivity index is 1.85. The Morgan fingerprint density at radius 1 is 1.07 bits per heavy atom. The first-order valence-electron chi connectivity index (χ1n) is 8.36. The van der Waals surface area contributed by atoms with Gasteiger partial charge in [-0.2, -0.15) is 0 Å². The van der Waals surface area contributed by atoms with Crippen LogP contribution in [-0.4, -0.2) is 25.6 Å². The van der Waals surface area contributed by atoms with Gasteiger partial charge in [0.15, 0.2) is 16.8 Å². The first-order chi connectivity index (χ1) is 13.5. The summed E-state index contributed by atoms with van der Waals surface area (Å²) < 4.78 is 52.0. The van der Waals surface area contributed by atoms with E-state index in [1.807, 2.05) is 0 Å². The highest BCUT2D eigenvalue weighted by Gasteiger charge is 2.16. The summed E-state index contributed by atoms with van der Waals surface area (Å²) in [5, 5.41) is 2.93. The molecule has 1 amide bonds. The van der Waals surface area contributed by atoms with Gasteiger partial charge in [-0.1, -0.05) is 6.07 Å². The molecule has 10 heteroatoms. The number of hydrogen-bond donors (Lipinski definition) is 2. The van der Waals surface area contributed by atoms with Crippen molar-refractivity contribution in [3.8, 4) is 11.3 Å². The highest BCUT2D eigenvalue weighted by atomic mass is 32.2. The lowest BCUT2D eigenvalue weighted by molar-refractivity contribution is 0.102. The Hall–Kier alpha value is -2.85. The predicted molar refractivity (Wildman–Crippen MR) is 110 cm³/mol. The van der Waals surface area contributed by atoms with E-state index in [1.54, 1.807) is 26.0 Å². The van der Waals surface area contributed by atoms with E-state index < -0.39 is 27.6 Å². The lowest BCUT2D eigenvalue weighted by Gasteiger charge is -2.09. The summed E-state index contributed by atoms with van der Waals surface area (Å²) in [7, 11) is -3.49. The van der Waals surface area contributed by atoms with Gasteiger partial charge in [0.2, 0.25) is 10.0 Å². The van der Waals surface area contributed by atoms with Gasteiger partial charge < -0.3 is 0 Å². The zero-order valence-corrected chi connectivity index (χ0v) is 17.3. The van der Waals surface area contributed by atoms with Gasteiger partial charge in [0.25, 0.3) is 5.91 Å². The Morgan fingerprint density at radius 3 is 2.45 bits per heavy atom. The van der Waals surface area contributed by atoms with Gasteiger partial charge in [0.05, 0.1) is 17.6 Å². The smallest absolute Gasteiger partial charge is 0.257 e. The van der Waals surface area contributed by atoms with E-state index >= 15 is 0 Å². The van der Waals surface area contributed by atoms with Crippen molar-refractivity contribution in [3.05, 3.63) is 64.0 Å². The summed E-state index contributed by atoms with van der Waals surface area (Å²) in [6.07, 6.45) is 1.03. The molecule has 0 aliphatic carbocycles. The van der Waals surface area contributed by atoms with Crippen molar-refractivity contribution in [1.29, 1.82) is 0 Å². The maximum absolute atomic E-state index is 13.5. The largest absolute Gasteiger partial charge is 0.298 e. The number of anilines is 2. The fraction of sp³-hybridized carbons (Fsp3) is 0.158. The fourth-order valence-electron chi connectivity index (χ4n) is 2.60. The van der Waals surface area contributed by atoms with Gasteiger partial charge in [0, 0.05) is 16.0 Å². The molecule has 0 atom stereocenters. The van der Waals surface area contributed by atoms with Crippen LogP contribution >= 0.6 is 11.3 Å². The number of nitrogens with one attached hydrogen (secondary N) is 2. The van der Waals surface area contributed by atoms with Gasteiger partial charge >= 0.3 is 0 Å². The van der Waals surface area contributed by atoms with Gasteiger partial charge in [-0.3, -0.25) is 14.8 Å². The first-order valence-corrected chi connectivity index (χ1v) is 11.1. The van der Waals surface area contributed by atoms with Crippen LogP contribution in [0.15, 0.2) is 36.4 Å². The third-order valence-electron chi connectivity index (χ3n) is 4.01. The minimum absolute atomic E-state index is 0.240. The molecule has 0 radical (unpaired) electrons. The minimum atomic E-state index is -3.49. The van der Waals surface area contributed by atoms with Crippen LogP contribution in [0.5, 0.6) is 0 Å².